The van der Waals surface area contributed by atoms with Crippen LogP contribution in [0.15, 0.2) is 30.9 Å². The summed E-state index contributed by atoms with van der Waals surface area (Å²) in [5.74, 6) is 0. The van der Waals surface area contributed by atoms with Gasteiger partial charge in [-0.2, -0.15) is 0 Å². The summed E-state index contributed by atoms with van der Waals surface area (Å²) in [6.07, 6.45) is 2.99. The van der Waals surface area contributed by atoms with Gasteiger partial charge in [-0.25, -0.2) is 0 Å². The summed E-state index contributed by atoms with van der Waals surface area (Å²) >= 11 is 6.02. The lowest BCUT2D eigenvalue weighted by molar-refractivity contribution is 0.183. The molecule has 0 aromatic heterocycles. The summed E-state index contributed by atoms with van der Waals surface area (Å²) in [6.45, 7) is 3.72. The van der Waals surface area contributed by atoms with Gasteiger partial charge >= 0.3 is 0 Å². The highest BCUT2D eigenvalue weighted by molar-refractivity contribution is 6.21. The van der Waals surface area contributed by atoms with Crippen molar-refractivity contribution in [2.45, 2.75) is 24.3 Å². The smallest absolute Gasteiger partial charge is 0.0959 e. The SMILES string of the molecule is C=CCc1cccc2c1C[C@@H](Cl)[C@H]2O. The van der Waals surface area contributed by atoms with Crippen LogP contribution in [0.1, 0.15) is 22.8 Å². The maximum atomic E-state index is 9.78. The monoisotopic (exact) mass is 208 g/mol. The number of hydrogen-bond acceptors (Lipinski definition) is 1. The number of rotatable bonds is 2. The quantitative estimate of drug-likeness (QED) is 0.585. The maximum absolute atomic E-state index is 9.78. The second-order valence-electron chi connectivity index (χ2n) is 3.64. The first kappa shape index (κ1) is 9.75. The molecule has 0 bridgehead atoms. The number of aliphatic hydroxyl groups excluding tert-OH is 1. The lowest BCUT2D eigenvalue weighted by Gasteiger charge is -2.07. The second-order valence-corrected chi connectivity index (χ2v) is 4.20. The molecule has 1 aromatic rings. The zero-order valence-corrected chi connectivity index (χ0v) is 8.67. The standard InChI is InChI=1S/C12H13ClO/c1-2-4-8-5-3-6-9-10(8)7-11(13)12(9)14/h2-3,5-6,11-12,14H,1,4,7H2/t11-,12+/m1/s1. The van der Waals surface area contributed by atoms with E-state index in [1.54, 1.807) is 0 Å². The minimum Gasteiger partial charge on any atom is -0.387 e. The van der Waals surface area contributed by atoms with Crippen molar-refractivity contribution in [3.63, 3.8) is 0 Å². The highest BCUT2D eigenvalue weighted by Gasteiger charge is 2.30. The van der Waals surface area contributed by atoms with E-state index in [-0.39, 0.29) is 5.38 Å². The van der Waals surface area contributed by atoms with Crippen LogP contribution in [0.4, 0.5) is 0 Å². The Morgan fingerprint density at radius 2 is 2.36 bits per heavy atom. The number of fused-ring (bicyclic) bond motifs is 1. The van der Waals surface area contributed by atoms with Crippen molar-refractivity contribution < 1.29 is 5.11 Å². The summed E-state index contributed by atoms with van der Waals surface area (Å²) in [7, 11) is 0. The molecule has 1 nitrogen and oxygen atoms in total. The number of benzene rings is 1. The van der Waals surface area contributed by atoms with Crippen LogP contribution >= 0.6 is 11.6 Å². The number of hydrogen-bond donors (Lipinski definition) is 1. The zero-order valence-electron chi connectivity index (χ0n) is 7.91. The molecule has 1 aromatic carbocycles. The molecule has 1 aliphatic carbocycles. The van der Waals surface area contributed by atoms with E-state index in [1.807, 2.05) is 18.2 Å². The molecule has 0 unspecified atom stereocenters. The Balaban J connectivity index is 2.44. The predicted molar refractivity (Wildman–Crippen MR) is 58.6 cm³/mol. The van der Waals surface area contributed by atoms with Crippen LogP contribution in [-0.4, -0.2) is 10.5 Å². The zero-order chi connectivity index (χ0) is 10.1. The van der Waals surface area contributed by atoms with E-state index in [4.69, 9.17) is 11.6 Å². The van der Waals surface area contributed by atoms with E-state index < -0.39 is 6.10 Å². The molecule has 2 atom stereocenters. The first-order valence-corrected chi connectivity index (χ1v) is 5.21. The lowest BCUT2D eigenvalue weighted by Crippen LogP contribution is -2.04. The van der Waals surface area contributed by atoms with Crippen molar-refractivity contribution in [2.24, 2.45) is 0 Å². The van der Waals surface area contributed by atoms with Gasteiger partial charge in [0.2, 0.25) is 0 Å². The first-order valence-electron chi connectivity index (χ1n) is 4.77. The van der Waals surface area contributed by atoms with Gasteiger partial charge in [0, 0.05) is 0 Å². The van der Waals surface area contributed by atoms with Gasteiger partial charge in [0.15, 0.2) is 0 Å². The van der Waals surface area contributed by atoms with Gasteiger partial charge in [-0.15, -0.1) is 18.2 Å². The van der Waals surface area contributed by atoms with Gasteiger partial charge in [0.25, 0.3) is 0 Å². The van der Waals surface area contributed by atoms with E-state index in [0.29, 0.717) is 0 Å². The lowest BCUT2D eigenvalue weighted by atomic mass is 10.0. The molecule has 0 amide bonds. The molecule has 0 fully saturated rings. The predicted octanol–water partition coefficient (Wildman–Crippen LogP) is 2.61. The van der Waals surface area contributed by atoms with E-state index in [2.05, 4.69) is 12.6 Å². The Labute approximate surface area is 89.0 Å². The van der Waals surface area contributed by atoms with Crippen LogP contribution in [0, 0.1) is 0 Å². The van der Waals surface area contributed by atoms with Crippen molar-refractivity contribution in [2.75, 3.05) is 0 Å². The van der Waals surface area contributed by atoms with Gasteiger partial charge in [-0.3, -0.25) is 0 Å². The Morgan fingerprint density at radius 1 is 1.57 bits per heavy atom. The third kappa shape index (κ3) is 1.47. The minimum atomic E-state index is -0.503. The van der Waals surface area contributed by atoms with Crippen LogP contribution < -0.4 is 0 Å². The molecule has 1 N–H and O–H groups in total. The highest BCUT2D eigenvalue weighted by Crippen LogP contribution is 2.36. The van der Waals surface area contributed by atoms with E-state index in [1.165, 1.54) is 11.1 Å². The van der Waals surface area contributed by atoms with E-state index in [9.17, 15) is 5.11 Å². The van der Waals surface area contributed by atoms with Gasteiger partial charge in [-0.1, -0.05) is 24.3 Å². The summed E-state index contributed by atoms with van der Waals surface area (Å²) in [6, 6.07) is 5.99. The van der Waals surface area contributed by atoms with Crippen LogP contribution in [0.25, 0.3) is 0 Å². The van der Waals surface area contributed by atoms with Crippen molar-refractivity contribution >= 4 is 11.6 Å². The summed E-state index contributed by atoms with van der Waals surface area (Å²) in [4.78, 5) is 0. The third-order valence-electron chi connectivity index (χ3n) is 2.73. The third-order valence-corrected chi connectivity index (χ3v) is 3.13. The highest BCUT2D eigenvalue weighted by atomic mass is 35.5. The summed E-state index contributed by atoms with van der Waals surface area (Å²) < 4.78 is 0. The first-order chi connectivity index (χ1) is 6.74. The Hall–Kier alpha value is -0.790. The van der Waals surface area contributed by atoms with Gasteiger partial charge < -0.3 is 5.11 Å². The average molecular weight is 209 g/mol. The molecule has 2 rings (SSSR count). The number of alkyl halides is 1. The Kier molecular flexibility index (Phi) is 2.62. The number of halogens is 1. The molecule has 0 saturated carbocycles. The second kappa shape index (κ2) is 3.76. The van der Waals surface area contributed by atoms with E-state index in [0.717, 1.165) is 18.4 Å². The molecular weight excluding hydrogens is 196 g/mol. The molecule has 1 aliphatic rings. The average Bonchev–Trinajstić information content (AvgIpc) is 2.46. The molecule has 74 valence electrons. The van der Waals surface area contributed by atoms with Crippen molar-refractivity contribution in [3.05, 3.63) is 47.5 Å². The minimum absolute atomic E-state index is 0.170. The maximum Gasteiger partial charge on any atom is 0.0959 e. The molecule has 14 heavy (non-hydrogen) atoms. The van der Waals surface area contributed by atoms with Crippen LogP contribution in [0.3, 0.4) is 0 Å². The molecule has 0 heterocycles. The molecule has 0 spiro atoms. The fraction of sp³-hybridized carbons (Fsp3) is 0.333. The van der Waals surface area contributed by atoms with Crippen molar-refractivity contribution in [3.8, 4) is 0 Å². The Morgan fingerprint density at radius 3 is 3.07 bits per heavy atom. The molecular formula is C12H13ClO. The van der Waals surface area contributed by atoms with Crippen LogP contribution in [0.5, 0.6) is 0 Å². The van der Waals surface area contributed by atoms with Crippen molar-refractivity contribution in [1.29, 1.82) is 0 Å². The fourth-order valence-corrected chi connectivity index (χ4v) is 2.32. The fourth-order valence-electron chi connectivity index (χ4n) is 2.03. The van der Waals surface area contributed by atoms with Crippen molar-refractivity contribution in [1.82, 2.24) is 0 Å². The van der Waals surface area contributed by atoms with E-state index >= 15 is 0 Å². The van der Waals surface area contributed by atoms with Gasteiger partial charge in [0.05, 0.1) is 11.5 Å². The van der Waals surface area contributed by atoms with Crippen LogP contribution in [0.2, 0.25) is 0 Å². The number of allylic oxidation sites excluding steroid dienone is 1. The van der Waals surface area contributed by atoms with Crippen LogP contribution in [-0.2, 0) is 12.8 Å². The Bertz CT molecular complexity index is 359. The molecule has 2 heteroatoms. The summed E-state index contributed by atoms with van der Waals surface area (Å²) in [5, 5.41) is 9.61. The topological polar surface area (TPSA) is 20.2 Å². The number of aliphatic hydroxyl groups is 1. The summed E-state index contributed by atoms with van der Waals surface area (Å²) in [5.41, 5.74) is 3.43. The molecule has 0 aliphatic heterocycles. The molecule has 0 radical (unpaired) electrons. The largest absolute Gasteiger partial charge is 0.387 e. The molecule has 0 saturated heterocycles. The van der Waals surface area contributed by atoms with Gasteiger partial charge in [-0.05, 0) is 29.5 Å². The normalized spacial score (nSPS) is 24.7. The van der Waals surface area contributed by atoms with Gasteiger partial charge in [0.1, 0.15) is 0 Å².